The van der Waals surface area contributed by atoms with Gasteiger partial charge < -0.3 is 4.90 Å². The van der Waals surface area contributed by atoms with Crippen LogP contribution < -0.4 is 0 Å². The summed E-state index contributed by atoms with van der Waals surface area (Å²) in [7, 11) is 0. The summed E-state index contributed by atoms with van der Waals surface area (Å²) < 4.78 is 0. The predicted molar refractivity (Wildman–Crippen MR) is 80.7 cm³/mol. The molecule has 0 N–H and O–H groups in total. The molecule has 0 fully saturated rings. The molecular weight excluding hydrogens is 246 g/mol. The van der Waals surface area contributed by atoms with Crippen molar-refractivity contribution in [2.24, 2.45) is 0 Å². The van der Waals surface area contributed by atoms with Crippen LogP contribution in [0.1, 0.15) is 34.0 Å². The molecule has 2 nitrogen and oxygen atoms in total. The molecule has 1 heterocycles. The van der Waals surface area contributed by atoms with Gasteiger partial charge in [0.15, 0.2) is 0 Å². The summed E-state index contributed by atoms with van der Waals surface area (Å²) in [6.45, 7) is 3.74. The topological polar surface area (TPSA) is 20.3 Å². The summed E-state index contributed by atoms with van der Waals surface area (Å²) in [6, 6.07) is 16.0. The lowest BCUT2D eigenvalue weighted by Gasteiger charge is -2.30. The van der Waals surface area contributed by atoms with Crippen molar-refractivity contribution in [1.82, 2.24) is 4.90 Å². The number of aryl methyl sites for hydroxylation is 1. The molecule has 1 aliphatic heterocycles. The monoisotopic (exact) mass is 265 g/mol. The second kappa shape index (κ2) is 5.49. The van der Waals surface area contributed by atoms with E-state index in [4.69, 9.17) is 0 Å². The van der Waals surface area contributed by atoms with Crippen LogP contribution in [0, 0.1) is 0 Å². The van der Waals surface area contributed by atoms with E-state index >= 15 is 0 Å². The van der Waals surface area contributed by atoms with Crippen LogP contribution in [0.2, 0.25) is 0 Å². The van der Waals surface area contributed by atoms with Crippen LogP contribution in [0.25, 0.3) is 0 Å². The van der Waals surface area contributed by atoms with E-state index in [1.165, 1.54) is 16.7 Å². The minimum atomic E-state index is 0.137. The second-order valence-corrected chi connectivity index (χ2v) is 5.25. The number of carbonyl (C=O) groups is 1. The average Bonchev–Trinajstić information content (AvgIpc) is 2.53. The first-order valence-electron chi connectivity index (χ1n) is 7.23. The van der Waals surface area contributed by atoms with Gasteiger partial charge in [0, 0.05) is 18.7 Å². The van der Waals surface area contributed by atoms with Gasteiger partial charge in [-0.3, -0.25) is 4.79 Å². The fourth-order valence-corrected chi connectivity index (χ4v) is 2.96. The Morgan fingerprint density at radius 1 is 1.10 bits per heavy atom. The van der Waals surface area contributed by atoms with Crippen molar-refractivity contribution in [2.75, 3.05) is 6.54 Å². The highest BCUT2D eigenvalue weighted by atomic mass is 16.2. The maximum absolute atomic E-state index is 12.5. The van der Waals surface area contributed by atoms with Crippen LogP contribution in [0.15, 0.2) is 48.5 Å². The molecule has 0 aliphatic carbocycles. The van der Waals surface area contributed by atoms with Crippen molar-refractivity contribution in [1.29, 1.82) is 0 Å². The van der Waals surface area contributed by atoms with Crippen LogP contribution in [-0.2, 0) is 19.4 Å². The third-order valence-electron chi connectivity index (χ3n) is 4.05. The third kappa shape index (κ3) is 2.34. The first-order valence-corrected chi connectivity index (χ1v) is 7.23. The van der Waals surface area contributed by atoms with E-state index in [0.717, 1.165) is 31.5 Å². The molecule has 0 atom stereocenters. The predicted octanol–water partition coefficient (Wildman–Crippen LogP) is 3.45. The van der Waals surface area contributed by atoms with Crippen molar-refractivity contribution in [2.45, 2.75) is 26.3 Å². The number of rotatable bonds is 2. The van der Waals surface area contributed by atoms with Crippen molar-refractivity contribution in [3.63, 3.8) is 0 Å². The van der Waals surface area contributed by atoms with Gasteiger partial charge in [-0.25, -0.2) is 0 Å². The summed E-state index contributed by atoms with van der Waals surface area (Å²) in [5, 5.41) is 0. The zero-order valence-corrected chi connectivity index (χ0v) is 11.8. The van der Waals surface area contributed by atoms with Crippen molar-refractivity contribution in [3.05, 3.63) is 70.8 Å². The normalized spacial score (nSPS) is 13.9. The fraction of sp³-hybridized carbons (Fsp3) is 0.278. The van der Waals surface area contributed by atoms with Gasteiger partial charge in [-0.1, -0.05) is 43.3 Å². The SMILES string of the molecule is CCc1cccc2c1CCN(C(=O)c1ccccc1)C2. The molecule has 1 aliphatic rings. The van der Waals surface area contributed by atoms with E-state index in [2.05, 4.69) is 25.1 Å². The largest absolute Gasteiger partial charge is 0.334 e. The van der Waals surface area contributed by atoms with Crippen LogP contribution in [-0.4, -0.2) is 17.4 Å². The van der Waals surface area contributed by atoms with Gasteiger partial charge >= 0.3 is 0 Å². The number of benzene rings is 2. The zero-order chi connectivity index (χ0) is 13.9. The molecule has 0 unspecified atom stereocenters. The first-order chi connectivity index (χ1) is 9.79. The quantitative estimate of drug-likeness (QED) is 0.814. The number of hydrogen-bond donors (Lipinski definition) is 0. The molecule has 0 saturated heterocycles. The van der Waals surface area contributed by atoms with Crippen molar-refractivity contribution in [3.8, 4) is 0 Å². The first kappa shape index (κ1) is 12.9. The molecule has 2 aromatic carbocycles. The van der Waals surface area contributed by atoms with E-state index < -0.39 is 0 Å². The lowest BCUT2D eigenvalue weighted by molar-refractivity contribution is 0.0734. The molecule has 2 aromatic rings. The standard InChI is InChI=1S/C18H19NO/c1-2-14-9-6-10-16-13-19(12-11-17(14)16)18(20)15-7-4-3-5-8-15/h3-10H,2,11-13H2,1H3. The van der Waals surface area contributed by atoms with Crippen LogP contribution in [0.5, 0.6) is 0 Å². The average molecular weight is 265 g/mol. The number of fused-ring (bicyclic) bond motifs is 1. The molecule has 0 spiro atoms. The zero-order valence-electron chi connectivity index (χ0n) is 11.8. The van der Waals surface area contributed by atoms with Gasteiger partial charge in [-0.05, 0) is 41.7 Å². The lowest BCUT2D eigenvalue weighted by Crippen LogP contribution is -2.36. The minimum Gasteiger partial charge on any atom is -0.334 e. The molecule has 0 radical (unpaired) electrons. The molecule has 1 amide bonds. The van der Waals surface area contributed by atoms with E-state index in [0.29, 0.717) is 0 Å². The molecule has 2 heteroatoms. The summed E-state index contributed by atoms with van der Waals surface area (Å²) in [6.07, 6.45) is 2.04. The van der Waals surface area contributed by atoms with Gasteiger partial charge in [0.2, 0.25) is 0 Å². The summed E-state index contributed by atoms with van der Waals surface area (Å²) in [4.78, 5) is 14.4. The summed E-state index contributed by atoms with van der Waals surface area (Å²) >= 11 is 0. The molecule has 20 heavy (non-hydrogen) atoms. The summed E-state index contributed by atoms with van der Waals surface area (Å²) in [5.74, 6) is 0.137. The molecule has 0 aromatic heterocycles. The Hall–Kier alpha value is -2.09. The minimum absolute atomic E-state index is 0.137. The van der Waals surface area contributed by atoms with Gasteiger partial charge in [-0.2, -0.15) is 0 Å². The Bertz CT molecular complexity index is 619. The maximum atomic E-state index is 12.5. The highest BCUT2D eigenvalue weighted by Gasteiger charge is 2.22. The Labute approximate surface area is 120 Å². The van der Waals surface area contributed by atoms with Crippen LogP contribution in [0.3, 0.4) is 0 Å². The van der Waals surface area contributed by atoms with Gasteiger partial charge in [0.05, 0.1) is 0 Å². The van der Waals surface area contributed by atoms with E-state index in [1.54, 1.807) is 0 Å². The fourth-order valence-electron chi connectivity index (χ4n) is 2.96. The highest BCUT2D eigenvalue weighted by Crippen LogP contribution is 2.24. The van der Waals surface area contributed by atoms with E-state index in [9.17, 15) is 4.79 Å². The molecule has 3 rings (SSSR count). The third-order valence-corrected chi connectivity index (χ3v) is 4.05. The highest BCUT2D eigenvalue weighted by molar-refractivity contribution is 5.94. The molecule has 0 saturated carbocycles. The van der Waals surface area contributed by atoms with Crippen molar-refractivity contribution >= 4 is 5.91 Å². The Morgan fingerprint density at radius 2 is 1.90 bits per heavy atom. The number of hydrogen-bond acceptors (Lipinski definition) is 1. The van der Waals surface area contributed by atoms with Gasteiger partial charge in [0.25, 0.3) is 5.91 Å². The van der Waals surface area contributed by atoms with E-state index in [1.807, 2.05) is 35.2 Å². The molecular formula is C18H19NO. The molecule has 102 valence electrons. The maximum Gasteiger partial charge on any atom is 0.254 e. The van der Waals surface area contributed by atoms with Gasteiger partial charge in [-0.15, -0.1) is 0 Å². The number of amides is 1. The smallest absolute Gasteiger partial charge is 0.254 e. The van der Waals surface area contributed by atoms with Crippen LogP contribution in [0.4, 0.5) is 0 Å². The Kier molecular flexibility index (Phi) is 3.55. The molecule has 0 bridgehead atoms. The Balaban J connectivity index is 1.84. The van der Waals surface area contributed by atoms with Crippen LogP contribution >= 0.6 is 0 Å². The van der Waals surface area contributed by atoms with Crippen molar-refractivity contribution < 1.29 is 4.79 Å². The van der Waals surface area contributed by atoms with E-state index in [-0.39, 0.29) is 5.91 Å². The number of nitrogens with zero attached hydrogens (tertiary/aromatic N) is 1. The Morgan fingerprint density at radius 3 is 2.65 bits per heavy atom. The lowest BCUT2D eigenvalue weighted by atomic mass is 9.93. The second-order valence-electron chi connectivity index (χ2n) is 5.25. The summed E-state index contributed by atoms with van der Waals surface area (Å²) in [5.41, 5.74) is 4.96. The number of carbonyl (C=O) groups excluding carboxylic acids is 1. The van der Waals surface area contributed by atoms with Gasteiger partial charge in [0.1, 0.15) is 0 Å².